The van der Waals surface area contributed by atoms with E-state index in [1.165, 1.54) is 6.21 Å². The maximum absolute atomic E-state index is 11.1. The van der Waals surface area contributed by atoms with Crippen LogP contribution in [0, 0.1) is 0 Å². The predicted octanol–water partition coefficient (Wildman–Crippen LogP) is 1.41. The Balaban J connectivity index is 2.29. The van der Waals surface area contributed by atoms with E-state index < -0.39 is 6.03 Å². The predicted molar refractivity (Wildman–Crippen MR) is 78.1 cm³/mol. The molecule has 0 heterocycles. The van der Waals surface area contributed by atoms with Gasteiger partial charge >= 0.3 is 12.0 Å². The average molecular weight is 293 g/mol. The molecule has 0 saturated carbocycles. The third-order valence-corrected chi connectivity index (χ3v) is 2.37. The van der Waals surface area contributed by atoms with Crippen LogP contribution in [0.1, 0.15) is 25.3 Å². The van der Waals surface area contributed by atoms with Crippen molar-refractivity contribution in [3.63, 3.8) is 0 Å². The van der Waals surface area contributed by atoms with Crippen LogP contribution in [0.15, 0.2) is 29.4 Å². The molecule has 0 aliphatic rings. The second kappa shape index (κ2) is 9.35. The van der Waals surface area contributed by atoms with Crippen molar-refractivity contribution in [1.82, 2.24) is 5.43 Å². The number of nitrogens with two attached hydrogens (primary N) is 1. The van der Waals surface area contributed by atoms with Crippen molar-refractivity contribution in [3.05, 3.63) is 29.8 Å². The number of rotatable bonds is 8. The lowest BCUT2D eigenvalue weighted by Gasteiger charge is -2.06. The Hall–Kier alpha value is -2.57. The lowest BCUT2D eigenvalue weighted by molar-refractivity contribution is -0.143. The van der Waals surface area contributed by atoms with E-state index in [9.17, 15) is 9.59 Å². The van der Waals surface area contributed by atoms with Gasteiger partial charge in [0, 0.05) is 6.42 Å². The van der Waals surface area contributed by atoms with Gasteiger partial charge in [0.25, 0.3) is 0 Å². The number of carbonyl (C=O) groups excluding carboxylic acids is 2. The fraction of sp³-hybridized carbons (Fsp3) is 0.357. The first kappa shape index (κ1) is 16.5. The molecule has 3 N–H and O–H groups in total. The third kappa shape index (κ3) is 7.56. The summed E-state index contributed by atoms with van der Waals surface area (Å²) < 4.78 is 10.3. The van der Waals surface area contributed by atoms with Crippen LogP contribution in [0.3, 0.4) is 0 Å². The minimum atomic E-state index is -0.715. The Morgan fingerprint density at radius 3 is 2.67 bits per heavy atom. The third-order valence-electron chi connectivity index (χ3n) is 2.37. The number of esters is 1. The number of hydrogen-bond acceptors (Lipinski definition) is 5. The summed E-state index contributed by atoms with van der Waals surface area (Å²) in [6, 6.07) is 6.40. The van der Waals surface area contributed by atoms with Crippen LogP contribution in [0.2, 0.25) is 0 Å². The number of primary amides is 1. The number of hydrogen-bond donors (Lipinski definition) is 2. The number of amides is 2. The zero-order chi connectivity index (χ0) is 15.5. The molecule has 0 saturated heterocycles. The summed E-state index contributed by atoms with van der Waals surface area (Å²) in [7, 11) is 0. The number of ether oxygens (including phenoxy) is 2. The minimum absolute atomic E-state index is 0.213. The molecule has 0 aliphatic heterocycles. The van der Waals surface area contributed by atoms with Gasteiger partial charge in [0.2, 0.25) is 0 Å². The maximum Gasteiger partial charge on any atom is 0.332 e. The first-order chi connectivity index (χ1) is 10.1. The Kier molecular flexibility index (Phi) is 7.34. The van der Waals surface area contributed by atoms with E-state index >= 15 is 0 Å². The Morgan fingerprint density at radius 2 is 2.05 bits per heavy atom. The molecule has 21 heavy (non-hydrogen) atoms. The van der Waals surface area contributed by atoms with Crippen LogP contribution in [-0.2, 0) is 9.53 Å². The zero-order valence-corrected chi connectivity index (χ0v) is 11.9. The summed E-state index contributed by atoms with van der Waals surface area (Å²) in [4.78, 5) is 21.5. The van der Waals surface area contributed by atoms with E-state index in [1.54, 1.807) is 31.2 Å². The van der Waals surface area contributed by atoms with Gasteiger partial charge in [-0.05, 0) is 43.2 Å². The number of hydrazone groups is 1. The molecule has 2 amide bonds. The Bertz CT molecular complexity index is 485. The van der Waals surface area contributed by atoms with E-state index in [0.717, 1.165) is 5.56 Å². The summed E-state index contributed by atoms with van der Waals surface area (Å²) >= 11 is 0. The Labute approximate surface area is 123 Å². The summed E-state index contributed by atoms with van der Waals surface area (Å²) in [6.45, 7) is 2.61. The number of nitrogens with one attached hydrogen (secondary N) is 1. The molecule has 0 aliphatic carbocycles. The van der Waals surface area contributed by atoms with Crippen LogP contribution >= 0.6 is 0 Å². The summed E-state index contributed by atoms with van der Waals surface area (Å²) in [6.07, 6.45) is 2.41. The monoisotopic (exact) mass is 293 g/mol. The molecule has 0 unspecified atom stereocenters. The standard InChI is InChI=1S/C14H19N3O4/c1-2-20-13(18)4-3-9-21-12-7-5-11(6-8-12)10-16-17-14(15)19/h5-8,10H,2-4,9H2,1H3,(H3,15,17,19). The number of benzene rings is 1. The van der Waals surface area contributed by atoms with E-state index in [0.29, 0.717) is 31.8 Å². The van der Waals surface area contributed by atoms with Gasteiger partial charge in [-0.1, -0.05) is 0 Å². The van der Waals surface area contributed by atoms with E-state index in [4.69, 9.17) is 15.2 Å². The molecule has 1 aromatic carbocycles. The van der Waals surface area contributed by atoms with Crippen molar-refractivity contribution in [2.24, 2.45) is 10.8 Å². The van der Waals surface area contributed by atoms with Crippen molar-refractivity contribution in [2.75, 3.05) is 13.2 Å². The first-order valence-corrected chi connectivity index (χ1v) is 6.59. The molecule has 0 bridgehead atoms. The number of urea groups is 1. The van der Waals surface area contributed by atoms with Crippen molar-refractivity contribution in [2.45, 2.75) is 19.8 Å². The second-order valence-electron chi connectivity index (χ2n) is 4.06. The van der Waals surface area contributed by atoms with Crippen molar-refractivity contribution >= 4 is 18.2 Å². The highest BCUT2D eigenvalue weighted by Gasteiger charge is 2.01. The van der Waals surface area contributed by atoms with Gasteiger partial charge in [-0.25, -0.2) is 10.2 Å². The van der Waals surface area contributed by atoms with E-state index in [1.807, 2.05) is 0 Å². The topological polar surface area (TPSA) is 103 Å². The van der Waals surface area contributed by atoms with Crippen LogP contribution in [0.4, 0.5) is 4.79 Å². The summed E-state index contributed by atoms with van der Waals surface area (Å²) in [5.41, 5.74) is 7.77. The van der Waals surface area contributed by atoms with E-state index in [2.05, 4.69) is 10.5 Å². The molecular weight excluding hydrogens is 274 g/mol. The molecular formula is C14H19N3O4. The SMILES string of the molecule is CCOC(=O)CCCOc1ccc(C=NNC(N)=O)cc1. The zero-order valence-electron chi connectivity index (χ0n) is 11.9. The van der Waals surface area contributed by atoms with Crippen molar-refractivity contribution in [1.29, 1.82) is 0 Å². The fourth-order valence-corrected chi connectivity index (χ4v) is 1.46. The Morgan fingerprint density at radius 1 is 1.33 bits per heavy atom. The molecule has 7 nitrogen and oxygen atoms in total. The van der Waals surface area contributed by atoms with Crippen LogP contribution in [0.25, 0.3) is 0 Å². The molecule has 0 fully saturated rings. The van der Waals surface area contributed by atoms with Gasteiger partial charge in [-0.15, -0.1) is 0 Å². The molecule has 0 radical (unpaired) electrons. The van der Waals surface area contributed by atoms with Gasteiger partial charge < -0.3 is 15.2 Å². The average Bonchev–Trinajstić information content (AvgIpc) is 2.45. The first-order valence-electron chi connectivity index (χ1n) is 6.59. The minimum Gasteiger partial charge on any atom is -0.494 e. The summed E-state index contributed by atoms with van der Waals surface area (Å²) in [5.74, 6) is 0.480. The lowest BCUT2D eigenvalue weighted by Crippen LogP contribution is -2.24. The smallest absolute Gasteiger partial charge is 0.332 e. The van der Waals surface area contributed by atoms with Gasteiger partial charge in [0.1, 0.15) is 5.75 Å². The quantitative estimate of drug-likeness (QED) is 0.327. The molecule has 0 atom stereocenters. The van der Waals surface area contributed by atoms with Gasteiger partial charge in [0.05, 0.1) is 19.4 Å². The normalized spacial score (nSPS) is 10.3. The molecule has 7 heteroatoms. The van der Waals surface area contributed by atoms with E-state index in [-0.39, 0.29) is 5.97 Å². The van der Waals surface area contributed by atoms with Gasteiger partial charge in [-0.2, -0.15) is 5.10 Å². The maximum atomic E-state index is 11.1. The molecule has 0 spiro atoms. The lowest BCUT2D eigenvalue weighted by atomic mass is 10.2. The second-order valence-corrected chi connectivity index (χ2v) is 4.06. The molecule has 114 valence electrons. The fourth-order valence-electron chi connectivity index (χ4n) is 1.46. The molecule has 1 aromatic rings. The summed E-state index contributed by atoms with van der Waals surface area (Å²) in [5, 5.41) is 3.64. The highest BCUT2D eigenvalue weighted by molar-refractivity contribution is 5.81. The van der Waals surface area contributed by atoms with Crippen LogP contribution < -0.4 is 15.9 Å². The van der Waals surface area contributed by atoms with Crippen molar-refractivity contribution in [3.8, 4) is 5.75 Å². The van der Waals surface area contributed by atoms with Gasteiger partial charge in [0.15, 0.2) is 0 Å². The largest absolute Gasteiger partial charge is 0.494 e. The molecule has 1 rings (SSSR count). The molecule has 0 aromatic heterocycles. The number of carbonyl (C=O) groups is 2. The highest BCUT2D eigenvalue weighted by Crippen LogP contribution is 2.11. The number of nitrogens with zero attached hydrogens (tertiary/aromatic N) is 1. The van der Waals surface area contributed by atoms with Crippen LogP contribution in [0.5, 0.6) is 5.75 Å². The van der Waals surface area contributed by atoms with Crippen molar-refractivity contribution < 1.29 is 19.1 Å². The van der Waals surface area contributed by atoms with Gasteiger partial charge in [-0.3, -0.25) is 4.79 Å². The highest BCUT2D eigenvalue weighted by atomic mass is 16.5. The van der Waals surface area contributed by atoms with Crippen LogP contribution in [-0.4, -0.2) is 31.4 Å².